The van der Waals surface area contributed by atoms with Gasteiger partial charge in [-0.1, -0.05) is 170 Å². The van der Waals surface area contributed by atoms with Crippen molar-refractivity contribution < 1.29 is 4.42 Å². The van der Waals surface area contributed by atoms with Gasteiger partial charge in [0, 0.05) is 32.9 Å². The van der Waals surface area contributed by atoms with E-state index in [1.807, 2.05) is 30.3 Å². The van der Waals surface area contributed by atoms with E-state index in [1.165, 1.54) is 27.8 Å². The normalized spacial score (nSPS) is 14.5. The van der Waals surface area contributed by atoms with Crippen LogP contribution < -0.4 is 0 Å². The van der Waals surface area contributed by atoms with Crippen molar-refractivity contribution in [3.05, 3.63) is 217 Å². The molecule has 0 amide bonds. The lowest BCUT2D eigenvalue weighted by molar-refractivity contribution is 0.669. The maximum atomic E-state index is 6.17. The highest BCUT2D eigenvalue weighted by Crippen LogP contribution is 2.55. The maximum Gasteiger partial charge on any atom is 0.160 e. The van der Waals surface area contributed by atoms with Crippen molar-refractivity contribution >= 4 is 21.9 Å². The Kier molecular flexibility index (Phi) is 7.61. The third-order valence-electron chi connectivity index (χ3n) is 11.8. The van der Waals surface area contributed by atoms with E-state index in [0.29, 0.717) is 5.82 Å². The second-order valence-corrected chi connectivity index (χ2v) is 15.0. The average molecular weight is 729 g/mol. The molecule has 2 aromatic heterocycles. The van der Waals surface area contributed by atoms with Crippen LogP contribution in [0.5, 0.6) is 0 Å². The van der Waals surface area contributed by atoms with Gasteiger partial charge in [-0.25, -0.2) is 9.97 Å². The number of hydrogen-bond acceptors (Lipinski definition) is 3. The molecule has 0 spiro atoms. The minimum atomic E-state index is -0.307. The van der Waals surface area contributed by atoms with Crippen molar-refractivity contribution in [2.24, 2.45) is 0 Å². The van der Waals surface area contributed by atoms with Crippen molar-refractivity contribution in [1.29, 1.82) is 0 Å². The van der Waals surface area contributed by atoms with Gasteiger partial charge in [0.05, 0.1) is 11.4 Å². The Labute approximate surface area is 331 Å². The van der Waals surface area contributed by atoms with E-state index in [9.17, 15) is 0 Å². The van der Waals surface area contributed by atoms with Gasteiger partial charge in [-0.05, 0) is 87.3 Å². The minimum absolute atomic E-state index is 0.307. The molecule has 1 atom stereocenters. The predicted octanol–water partition coefficient (Wildman–Crippen LogP) is 14.0. The monoisotopic (exact) mass is 728 g/mol. The molecular formula is C54H36N2O. The highest BCUT2D eigenvalue weighted by atomic mass is 16.3. The van der Waals surface area contributed by atoms with Crippen LogP contribution >= 0.6 is 0 Å². The smallest absolute Gasteiger partial charge is 0.160 e. The standard InChI is InChI=1S/C54H36N2O/c1-54(39-20-6-3-7-21-39)46-27-12-10-25-43(46)52-44(26-15-28-47(52)54)49-34-48(55-53(56-49)35-16-4-2-5-17-35)38-19-14-18-36(32-38)40-22-8-9-23-41(40)37-30-31-51-45(33-37)42-24-11-13-29-50(42)57-51/h2-34H,1H3. The summed E-state index contributed by atoms with van der Waals surface area (Å²) in [5.74, 6) is 0.698. The Morgan fingerprint density at radius 1 is 0.386 bits per heavy atom. The molecule has 268 valence electrons. The fourth-order valence-corrected chi connectivity index (χ4v) is 9.01. The predicted molar refractivity (Wildman–Crippen MR) is 234 cm³/mol. The molecule has 0 fully saturated rings. The van der Waals surface area contributed by atoms with Gasteiger partial charge in [0.2, 0.25) is 0 Å². The Bertz CT molecular complexity index is 3140. The van der Waals surface area contributed by atoms with Gasteiger partial charge in [0.1, 0.15) is 11.2 Å². The minimum Gasteiger partial charge on any atom is -0.456 e. The molecule has 0 saturated carbocycles. The topological polar surface area (TPSA) is 38.9 Å². The molecule has 57 heavy (non-hydrogen) atoms. The molecule has 10 aromatic rings. The number of fused-ring (bicyclic) bond motifs is 6. The Morgan fingerprint density at radius 2 is 0.965 bits per heavy atom. The zero-order valence-corrected chi connectivity index (χ0v) is 31.4. The van der Waals surface area contributed by atoms with Gasteiger partial charge < -0.3 is 4.42 Å². The molecular weight excluding hydrogens is 693 g/mol. The Morgan fingerprint density at radius 3 is 1.79 bits per heavy atom. The molecule has 3 nitrogen and oxygen atoms in total. The molecule has 11 rings (SSSR count). The van der Waals surface area contributed by atoms with Crippen LogP contribution in [0, 0.1) is 0 Å². The average Bonchev–Trinajstić information content (AvgIpc) is 3.79. The number of benzene rings is 8. The molecule has 1 aliphatic rings. The Hall–Kier alpha value is -7.36. The quantitative estimate of drug-likeness (QED) is 0.171. The summed E-state index contributed by atoms with van der Waals surface area (Å²) in [6.45, 7) is 2.36. The van der Waals surface area contributed by atoms with Crippen molar-refractivity contribution in [2.45, 2.75) is 12.3 Å². The summed E-state index contributed by atoms with van der Waals surface area (Å²) in [5, 5.41) is 2.24. The molecule has 8 aromatic carbocycles. The summed E-state index contributed by atoms with van der Waals surface area (Å²) >= 11 is 0. The molecule has 0 aliphatic heterocycles. The number of rotatable bonds is 6. The second-order valence-electron chi connectivity index (χ2n) is 15.0. The van der Waals surface area contributed by atoms with Gasteiger partial charge >= 0.3 is 0 Å². The van der Waals surface area contributed by atoms with Crippen LogP contribution in [0.1, 0.15) is 23.6 Å². The van der Waals surface area contributed by atoms with E-state index < -0.39 is 0 Å². The lowest BCUT2D eigenvalue weighted by Gasteiger charge is -2.28. The van der Waals surface area contributed by atoms with E-state index in [-0.39, 0.29) is 5.41 Å². The molecule has 0 saturated heterocycles. The van der Waals surface area contributed by atoms with Gasteiger partial charge in [-0.2, -0.15) is 0 Å². The van der Waals surface area contributed by atoms with Gasteiger partial charge in [0.15, 0.2) is 5.82 Å². The number of para-hydroxylation sites is 1. The maximum absolute atomic E-state index is 6.17. The van der Waals surface area contributed by atoms with Crippen LogP contribution in [0.25, 0.3) is 89.2 Å². The second kappa shape index (κ2) is 13.1. The lowest BCUT2D eigenvalue weighted by atomic mass is 9.74. The van der Waals surface area contributed by atoms with Gasteiger partial charge in [0.25, 0.3) is 0 Å². The molecule has 0 radical (unpaired) electrons. The first-order chi connectivity index (χ1) is 28.1. The van der Waals surface area contributed by atoms with E-state index in [2.05, 4.69) is 177 Å². The highest BCUT2D eigenvalue weighted by Gasteiger charge is 2.41. The molecule has 0 N–H and O–H groups in total. The lowest BCUT2D eigenvalue weighted by Crippen LogP contribution is -2.22. The zero-order chi connectivity index (χ0) is 37.9. The van der Waals surface area contributed by atoms with Crippen LogP contribution in [0.4, 0.5) is 0 Å². The molecule has 3 heteroatoms. The van der Waals surface area contributed by atoms with Crippen LogP contribution in [0.3, 0.4) is 0 Å². The summed E-state index contributed by atoms with van der Waals surface area (Å²) in [6.07, 6.45) is 0. The van der Waals surface area contributed by atoms with Crippen molar-refractivity contribution in [2.75, 3.05) is 0 Å². The number of nitrogens with zero attached hydrogens (tertiary/aromatic N) is 2. The van der Waals surface area contributed by atoms with E-state index in [4.69, 9.17) is 14.4 Å². The summed E-state index contributed by atoms with van der Waals surface area (Å²) in [4.78, 5) is 10.6. The fraction of sp³-hybridized carbons (Fsp3) is 0.0370. The zero-order valence-electron chi connectivity index (χ0n) is 31.4. The summed E-state index contributed by atoms with van der Waals surface area (Å²) in [7, 11) is 0. The fourth-order valence-electron chi connectivity index (χ4n) is 9.01. The Balaban J connectivity index is 1.07. The highest BCUT2D eigenvalue weighted by molar-refractivity contribution is 6.06. The van der Waals surface area contributed by atoms with Crippen molar-refractivity contribution in [3.63, 3.8) is 0 Å². The number of furan rings is 1. The van der Waals surface area contributed by atoms with E-state index >= 15 is 0 Å². The van der Waals surface area contributed by atoms with E-state index in [0.717, 1.165) is 72.3 Å². The first-order valence-electron chi connectivity index (χ1n) is 19.5. The first kappa shape index (κ1) is 33.0. The first-order valence-corrected chi connectivity index (χ1v) is 19.5. The SMILES string of the molecule is CC1(c2ccccc2)c2ccccc2-c2c(-c3cc(-c4cccc(-c5ccccc5-c5ccc6oc7ccccc7c6c5)c4)nc(-c4ccccc4)n3)cccc21. The van der Waals surface area contributed by atoms with Crippen LogP contribution in [0.2, 0.25) is 0 Å². The molecule has 2 heterocycles. The van der Waals surface area contributed by atoms with Crippen molar-refractivity contribution in [3.8, 4) is 67.3 Å². The van der Waals surface area contributed by atoms with Crippen LogP contribution in [-0.4, -0.2) is 9.97 Å². The summed E-state index contributed by atoms with van der Waals surface area (Å²) in [6, 6.07) is 71.1. The molecule has 0 bridgehead atoms. The number of hydrogen-bond donors (Lipinski definition) is 0. The van der Waals surface area contributed by atoms with Gasteiger partial charge in [-0.3, -0.25) is 0 Å². The van der Waals surface area contributed by atoms with E-state index in [1.54, 1.807) is 0 Å². The summed E-state index contributed by atoms with van der Waals surface area (Å²) < 4.78 is 6.17. The number of aromatic nitrogens is 2. The largest absolute Gasteiger partial charge is 0.456 e. The van der Waals surface area contributed by atoms with Crippen LogP contribution in [-0.2, 0) is 5.41 Å². The molecule has 1 unspecified atom stereocenters. The third kappa shape index (κ3) is 5.35. The summed E-state index contributed by atoms with van der Waals surface area (Å²) in [5.41, 5.74) is 17.3. The van der Waals surface area contributed by atoms with Crippen LogP contribution in [0.15, 0.2) is 205 Å². The van der Waals surface area contributed by atoms with Crippen molar-refractivity contribution in [1.82, 2.24) is 9.97 Å². The molecule has 1 aliphatic carbocycles. The third-order valence-corrected chi connectivity index (χ3v) is 11.8. The van der Waals surface area contributed by atoms with Gasteiger partial charge in [-0.15, -0.1) is 0 Å².